The number of piperidine rings is 1. The van der Waals surface area contributed by atoms with Crippen LogP contribution in [0.15, 0.2) is 0 Å². The van der Waals surface area contributed by atoms with Gasteiger partial charge in [-0.2, -0.15) is 12.7 Å². The molecule has 7 heteroatoms. The van der Waals surface area contributed by atoms with Crippen molar-refractivity contribution in [2.75, 3.05) is 39.3 Å². The zero-order valence-electron chi connectivity index (χ0n) is 12.3. The van der Waals surface area contributed by atoms with Crippen molar-refractivity contribution in [1.29, 1.82) is 0 Å². The van der Waals surface area contributed by atoms with Crippen molar-refractivity contribution in [2.24, 2.45) is 5.92 Å². The molecule has 2 aliphatic heterocycles. The molecule has 2 aliphatic rings. The minimum Gasteiger partial charge on any atom is -0.396 e. The third-order valence-corrected chi connectivity index (χ3v) is 5.95. The molecule has 2 N–H and O–H groups in total. The number of likely N-dealkylation sites (tertiary alicyclic amines) is 1. The Hall–Kier alpha value is -0.210. The molecule has 0 amide bonds. The molecule has 0 bridgehead atoms. The van der Waals surface area contributed by atoms with Gasteiger partial charge in [-0.15, -0.1) is 0 Å². The lowest BCUT2D eigenvalue weighted by Crippen LogP contribution is -2.49. The molecule has 6 nitrogen and oxygen atoms in total. The van der Waals surface area contributed by atoms with E-state index in [0.717, 1.165) is 25.9 Å². The van der Waals surface area contributed by atoms with Gasteiger partial charge in [0.1, 0.15) is 0 Å². The van der Waals surface area contributed by atoms with E-state index in [1.54, 1.807) is 0 Å². The molecule has 118 valence electrons. The van der Waals surface area contributed by atoms with Gasteiger partial charge in [0.05, 0.1) is 0 Å². The van der Waals surface area contributed by atoms with Crippen LogP contribution in [0.3, 0.4) is 0 Å². The molecule has 0 saturated carbocycles. The fourth-order valence-electron chi connectivity index (χ4n) is 3.02. The maximum absolute atomic E-state index is 12.3. The summed E-state index contributed by atoms with van der Waals surface area (Å²) in [6.07, 6.45) is 4.16. The van der Waals surface area contributed by atoms with Gasteiger partial charge in [0.2, 0.25) is 0 Å². The summed E-state index contributed by atoms with van der Waals surface area (Å²) in [5.41, 5.74) is 0. The first-order valence-corrected chi connectivity index (χ1v) is 9.06. The predicted molar refractivity (Wildman–Crippen MR) is 78.6 cm³/mol. The molecule has 20 heavy (non-hydrogen) atoms. The number of rotatable bonds is 6. The van der Waals surface area contributed by atoms with Crippen molar-refractivity contribution in [3.8, 4) is 0 Å². The van der Waals surface area contributed by atoms with E-state index in [4.69, 9.17) is 0 Å². The molecule has 2 atom stereocenters. The number of nitrogens with one attached hydrogen (secondary N) is 1. The molecular weight excluding hydrogens is 278 g/mol. The lowest BCUT2D eigenvalue weighted by molar-refractivity contribution is 0.164. The summed E-state index contributed by atoms with van der Waals surface area (Å²) in [5.74, 6) is 0.0799. The van der Waals surface area contributed by atoms with Crippen LogP contribution in [0.25, 0.3) is 0 Å². The Labute approximate surface area is 122 Å². The zero-order valence-corrected chi connectivity index (χ0v) is 13.1. The van der Waals surface area contributed by atoms with Crippen molar-refractivity contribution < 1.29 is 13.5 Å². The quantitative estimate of drug-likeness (QED) is 0.725. The second-order valence-corrected chi connectivity index (χ2v) is 7.75. The Morgan fingerprint density at radius 2 is 1.95 bits per heavy atom. The average molecular weight is 305 g/mol. The lowest BCUT2D eigenvalue weighted by Gasteiger charge is -2.32. The topological polar surface area (TPSA) is 72.9 Å². The van der Waals surface area contributed by atoms with Gasteiger partial charge in [-0.05, 0) is 51.6 Å². The summed E-state index contributed by atoms with van der Waals surface area (Å²) >= 11 is 0. The highest BCUT2D eigenvalue weighted by molar-refractivity contribution is 7.87. The van der Waals surface area contributed by atoms with Crippen LogP contribution in [-0.2, 0) is 10.2 Å². The Morgan fingerprint density at radius 3 is 2.60 bits per heavy atom. The monoisotopic (exact) mass is 305 g/mol. The summed E-state index contributed by atoms with van der Waals surface area (Å²) in [5, 5.41) is 9.19. The number of hydrogen-bond acceptors (Lipinski definition) is 4. The van der Waals surface area contributed by atoms with Gasteiger partial charge in [-0.25, -0.2) is 4.72 Å². The first-order chi connectivity index (χ1) is 9.53. The molecule has 0 aromatic carbocycles. The molecule has 0 radical (unpaired) electrons. The van der Waals surface area contributed by atoms with Gasteiger partial charge in [0, 0.05) is 32.3 Å². The largest absolute Gasteiger partial charge is 0.396 e. The van der Waals surface area contributed by atoms with Crippen LogP contribution in [0.2, 0.25) is 0 Å². The van der Waals surface area contributed by atoms with E-state index >= 15 is 0 Å². The van der Waals surface area contributed by atoms with Crippen molar-refractivity contribution >= 4 is 10.2 Å². The molecule has 0 aliphatic carbocycles. The summed E-state index contributed by atoms with van der Waals surface area (Å²) in [7, 11) is -3.41. The predicted octanol–water partition coefficient (Wildman–Crippen LogP) is 0.00940. The maximum atomic E-state index is 12.3. The highest BCUT2D eigenvalue weighted by atomic mass is 32.2. The van der Waals surface area contributed by atoms with Crippen LogP contribution >= 0.6 is 0 Å². The van der Waals surface area contributed by atoms with Gasteiger partial charge >= 0.3 is 0 Å². The SMILES string of the molecule is CC(CNS(=O)(=O)N1CCCC(CO)C1)N1CCCC1. The Morgan fingerprint density at radius 1 is 1.25 bits per heavy atom. The second kappa shape index (κ2) is 7.17. The summed E-state index contributed by atoms with van der Waals surface area (Å²) < 4.78 is 28.8. The first-order valence-electron chi connectivity index (χ1n) is 7.62. The van der Waals surface area contributed by atoms with Crippen molar-refractivity contribution in [1.82, 2.24) is 13.9 Å². The van der Waals surface area contributed by atoms with Crippen LogP contribution in [-0.4, -0.2) is 68.1 Å². The summed E-state index contributed by atoms with van der Waals surface area (Å²) in [6, 6.07) is 0.241. The van der Waals surface area contributed by atoms with Gasteiger partial charge in [0.25, 0.3) is 10.2 Å². The van der Waals surface area contributed by atoms with Crippen LogP contribution in [0, 0.1) is 5.92 Å². The van der Waals surface area contributed by atoms with E-state index in [-0.39, 0.29) is 18.6 Å². The number of aliphatic hydroxyl groups is 1. The van der Waals surface area contributed by atoms with E-state index < -0.39 is 10.2 Å². The molecule has 2 fully saturated rings. The number of hydrogen-bond donors (Lipinski definition) is 2. The smallest absolute Gasteiger partial charge is 0.279 e. The highest BCUT2D eigenvalue weighted by Crippen LogP contribution is 2.18. The zero-order chi connectivity index (χ0) is 14.6. The van der Waals surface area contributed by atoms with Crippen molar-refractivity contribution in [2.45, 2.75) is 38.6 Å². The lowest BCUT2D eigenvalue weighted by atomic mass is 10.0. The Kier molecular flexibility index (Phi) is 5.80. The molecule has 0 spiro atoms. The molecule has 0 aromatic heterocycles. The van der Waals surface area contributed by atoms with Crippen molar-refractivity contribution in [3.63, 3.8) is 0 Å². The standard InChI is InChI=1S/C13H27N3O3S/c1-12(15-6-2-3-7-15)9-14-20(18,19)16-8-4-5-13(10-16)11-17/h12-14,17H,2-11H2,1H3. The van der Waals surface area contributed by atoms with E-state index in [1.807, 2.05) is 0 Å². The third-order valence-electron chi connectivity index (χ3n) is 4.40. The van der Waals surface area contributed by atoms with Gasteiger partial charge in [0.15, 0.2) is 0 Å². The molecular formula is C13H27N3O3S. The van der Waals surface area contributed by atoms with Crippen molar-refractivity contribution in [3.05, 3.63) is 0 Å². The highest BCUT2D eigenvalue weighted by Gasteiger charge is 2.29. The summed E-state index contributed by atoms with van der Waals surface area (Å²) in [6.45, 7) is 5.73. The van der Waals surface area contributed by atoms with E-state index in [9.17, 15) is 13.5 Å². The molecule has 2 heterocycles. The first kappa shape index (κ1) is 16.2. The van der Waals surface area contributed by atoms with Crippen LogP contribution in [0.1, 0.15) is 32.6 Å². The van der Waals surface area contributed by atoms with Crippen LogP contribution < -0.4 is 4.72 Å². The normalized spacial score (nSPS) is 27.8. The molecule has 2 saturated heterocycles. The second-order valence-electron chi connectivity index (χ2n) is 5.99. The van der Waals surface area contributed by atoms with Gasteiger partial charge in [-0.3, -0.25) is 4.90 Å². The Balaban J connectivity index is 1.83. The maximum Gasteiger partial charge on any atom is 0.279 e. The molecule has 2 rings (SSSR count). The average Bonchev–Trinajstić information content (AvgIpc) is 2.99. The molecule has 0 aromatic rings. The summed E-state index contributed by atoms with van der Waals surface area (Å²) in [4.78, 5) is 2.33. The van der Waals surface area contributed by atoms with Gasteiger partial charge in [-0.1, -0.05) is 0 Å². The minimum atomic E-state index is -3.41. The third kappa shape index (κ3) is 4.14. The fraction of sp³-hybridized carbons (Fsp3) is 1.00. The van der Waals surface area contributed by atoms with E-state index in [1.165, 1.54) is 17.1 Å². The minimum absolute atomic E-state index is 0.0657. The van der Waals surface area contributed by atoms with E-state index in [0.29, 0.717) is 19.6 Å². The van der Waals surface area contributed by atoms with Crippen LogP contribution in [0.4, 0.5) is 0 Å². The fourth-order valence-corrected chi connectivity index (χ4v) is 4.43. The Bertz CT molecular complexity index is 396. The van der Waals surface area contributed by atoms with E-state index in [2.05, 4.69) is 16.5 Å². The van der Waals surface area contributed by atoms with Crippen LogP contribution in [0.5, 0.6) is 0 Å². The van der Waals surface area contributed by atoms with Gasteiger partial charge < -0.3 is 5.11 Å². The number of aliphatic hydroxyl groups excluding tert-OH is 1. The number of nitrogens with zero attached hydrogens (tertiary/aromatic N) is 2. The molecule has 2 unspecified atom stereocenters.